The van der Waals surface area contributed by atoms with Crippen LogP contribution >= 0.6 is 0 Å². The molecule has 1 aliphatic carbocycles. The van der Waals surface area contributed by atoms with E-state index in [0.29, 0.717) is 48.1 Å². The first-order valence-corrected chi connectivity index (χ1v) is 13.4. The number of aromatic nitrogens is 2. The summed E-state index contributed by atoms with van der Waals surface area (Å²) >= 11 is 0. The van der Waals surface area contributed by atoms with Crippen LogP contribution in [0.2, 0.25) is 0 Å². The SMILES string of the molecule is COC(=O)c1cc(-c2ccc(NC(=O)CCCOc3cn4c(c3OC)C=[N+]([O-])C3=CCCCC3C4)cc2)cn1C. The fourth-order valence-corrected chi connectivity index (χ4v) is 5.34. The Labute approximate surface area is 233 Å². The molecule has 2 aliphatic rings. The number of carbonyl (C=O) groups is 2. The Bertz CT molecular complexity index is 1460. The Balaban J connectivity index is 1.14. The number of benzene rings is 1. The van der Waals surface area contributed by atoms with E-state index in [-0.39, 0.29) is 18.2 Å². The molecule has 1 N–H and O–H groups in total. The first-order valence-electron chi connectivity index (χ1n) is 13.4. The monoisotopic (exact) mass is 546 g/mol. The van der Waals surface area contributed by atoms with Gasteiger partial charge in [-0.2, -0.15) is 4.74 Å². The molecule has 210 valence electrons. The minimum absolute atomic E-state index is 0.115. The highest BCUT2D eigenvalue weighted by molar-refractivity contribution is 5.92. The predicted octanol–water partition coefficient (Wildman–Crippen LogP) is 4.71. The number of hydrogen-bond acceptors (Lipinski definition) is 6. The molecule has 5 rings (SSSR count). The quantitative estimate of drug-likeness (QED) is 0.180. The summed E-state index contributed by atoms with van der Waals surface area (Å²) < 4.78 is 21.1. The van der Waals surface area contributed by atoms with Crippen LogP contribution in [0, 0.1) is 11.1 Å². The second-order valence-corrected chi connectivity index (χ2v) is 10.1. The number of nitrogens with one attached hydrogen (secondary N) is 1. The highest BCUT2D eigenvalue weighted by Crippen LogP contribution is 2.37. The molecule has 40 heavy (non-hydrogen) atoms. The number of methoxy groups -OCH3 is 2. The molecule has 0 saturated carbocycles. The van der Waals surface area contributed by atoms with Gasteiger partial charge in [-0.25, -0.2) is 4.79 Å². The Morgan fingerprint density at radius 2 is 1.95 bits per heavy atom. The number of hydrogen-bond donors (Lipinski definition) is 1. The first-order chi connectivity index (χ1) is 19.4. The fraction of sp³-hybridized carbons (Fsp3) is 0.367. The Morgan fingerprint density at radius 3 is 2.70 bits per heavy atom. The van der Waals surface area contributed by atoms with Gasteiger partial charge >= 0.3 is 5.97 Å². The molecule has 0 radical (unpaired) electrons. The van der Waals surface area contributed by atoms with Gasteiger partial charge in [0.15, 0.2) is 22.9 Å². The summed E-state index contributed by atoms with van der Waals surface area (Å²) in [6.45, 7) is 1.03. The van der Waals surface area contributed by atoms with E-state index in [1.165, 1.54) is 7.11 Å². The number of aryl methyl sites for hydroxylation is 1. The third kappa shape index (κ3) is 5.61. The van der Waals surface area contributed by atoms with Gasteiger partial charge in [0.2, 0.25) is 12.1 Å². The number of esters is 1. The van der Waals surface area contributed by atoms with Crippen LogP contribution in [-0.4, -0.2) is 52.8 Å². The third-order valence-electron chi connectivity index (χ3n) is 7.39. The van der Waals surface area contributed by atoms with Gasteiger partial charge in [-0.15, -0.1) is 0 Å². The molecule has 1 aliphatic heterocycles. The van der Waals surface area contributed by atoms with E-state index >= 15 is 0 Å². The number of ether oxygens (including phenoxy) is 3. The van der Waals surface area contributed by atoms with E-state index in [1.807, 2.05) is 47.3 Å². The van der Waals surface area contributed by atoms with E-state index in [4.69, 9.17) is 14.2 Å². The van der Waals surface area contributed by atoms with Crippen molar-refractivity contribution in [3.63, 3.8) is 0 Å². The van der Waals surface area contributed by atoms with Crippen molar-refractivity contribution in [2.75, 3.05) is 26.1 Å². The second-order valence-electron chi connectivity index (χ2n) is 10.1. The summed E-state index contributed by atoms with van der Waals surface area (Å²) in [6, 6.07) is 9.22. The molecule has 3 heterocycles. The normalized spacial score (nSPS) is 16.1. The highest BCUT2D eigenvalue weighted by atomic mass is 16.5. The summed E-state index contributed by atoms with van der Waals surface area (Å²) in [6.07, 6.45) is 11.2. The fourth-order valence-electron chi connectivity index (χ4n) is 5.34. The number of rotatable bonds is 9. The highest BCUT2D eigenvalue weighted by Gasteiger charge is 2.31. The van der Waals surface area contributed by atoms with Gasteiger partial charge in [0, 0.05) is 37.5 Å². The van der Waals surface area contributed by atoms with E-state index < -0.39 is 5.97 Å². The van der Waals surface area contributed by atoms with Gasteiger partial charge in [-0.1, -0.05) is 12.1 Å². The molecule has 10 nitrogen and oxygen atoms in total. The Kier molecular flexibility index (Phi) is 7.95. The van der Waals surface area contributed by atoms with Crippen molar-refractivity contribution in [3.8, 4) is 22.6 Å². The lowest BCUT2D eigenvalue weighted by Crippen LogP contribution is -2.18. The summed E-state index contributed by atoms with van der Waals surface area (Å²) in [5, 5.41) is 15.6. The van der Waals surface area contributed by atoms with Crippen LogP contribution in [0.4, 0.5) is 5.69 Å². The lowest BCUT2D eigenvalue weighted by molar-refractivity contribution is -0.406. The molecular weight excluding hydrogens is 512 g/mol. The number of amides is 1. The van der Waals surface area contributed by atoms with E-state index in [1.54, 1.807) is 31.0 Å². The summed E-state index contributed by atoms with van der Waals surface area (Å²) in [5.74, 6) is 0.765. The molecule has 1 unspecified atom stereocenters. The van der Waals surface area contributed by atoms with Crippen LogP contribution in [0.3, 0.4) is 0 Å². The number of anilines is 1. The largest absolute Gasteiger partial charge is 0.618 e. The minimum atomic E-state index is -0.393. The summed E-state index contributed by atoms with van der Waals surface area (Å²) in [5.41, 5.74) is 4.48. The van der Waals surface area contributed by atoms with Crippen molar-refractivity contribution < 1.29 is 28.5 Å². The number of allylic oxidation sites excluding steroid dienone is 2. The van der Waals surface area contributed by atoms with E-state index in [2.05, 4.69) is 5.32 Å². The third-order valence-corrected chi connectivity index (χ3v) is 7.39. The number of hydroxylamine groups is 1. The first kappa shape index (κ1) is 27.1. The maximum atomic E-state index is 12.7. The molecule has 1 amide bonds. The zero-order valence-electron chi connectivity index (χ0n) is 23.0. The van der Waals surface area contributed by atoms with Gasteiger partial charge in [0.1, 0.15) is 5.69 Å². The van der Waals surface area contributed by atoms with Crippen LogP contribution < -0.4 is 14.8 Å². The van der Waals surface area contributed by atoms with Gasteiger partial charge in [-0.05, 0) is 55.5 Å². The zero-order valence-corrected chi connectivity index (χ0v) is 23.0. The average molecular weight is 547 g/mol. The van der Waals surface area contributed by atoms with Crippen molar-refractivity contribution in [1.29, 1.82) is 0 Å². The van der Waals surface area contributed by atoms with Crippen molar-refractivity contribution in [1.82, 2.24) is 9.13 Å². The van der Waals surface area contributed by atoms with Gasteiger partial charge in [0.25, 0.3) is 0 Å². The zero-order chi connectivity index (χ0) is 28.2. The lowest BCUT2D eigenvalue weighted by Gasteiger charge is -2.20. The topological polar surface area (TPSA) is 110 Å². The number of nitrogens with zero attached hydrogens (tertiary/aromatic N) is 3. The molecule has 10 heteroatoms. The molecular formula is C30H34N4O6. The van der Waals surface area contributed by atoms with E-state index in [0.717, 1.165) is 40.8 Å². The summed E-state index contributed by atoms with van der Waals surface area (Å²) in [7, 11) is 4.71. The van der Waals surface area contributed by atoms with Crippen molar-refractivity contribution in [3.05, 3.63) is 71.1 Å². The Morgan fingerprint density at radius 1 is 1.15 bits per heavy atom. The molecule has 0 fully saturated rings. The van der Waals surface area contributed by atoms with Crippen molar-refractivity contribution in [2.24, 2.45) is 13.0 Å². The number of fused-ring (bicyclic) bond motifs is 2. The van der Waals surface area contributed by atoms with Crippen molar-refractivity contribution >= 4 is 23.8 Å². The Hall–Kier alpha value is -4.47. The molecule has 1 aromatic carbocycles. The molecule has 0 bridgehead atoms. The molecule has 0 saturated heterocycles. The van der Waals surface area contributed by atoms with Crippen LogP contribution in [0.25, 0.3) is 11.1 Å². The molecule has 3 aromatic rings. The molecule has 1 atom stereocenters. The van der Waals surface area contributed by atoms with Gasteiger partial charge < -0.3 is 33.9 Å². The maximum absolute atomic E-state index is 12.7. The molecule has 0 spiro atoms. The lowest BCUT2D eigenvalue weighted by atomic mass is 9.92. The number of carbonyl (C=O) groups excluding carboxylic acids is 2. The minimum Gasteiger partial charge on any atom is -0.618 e. The van der Waals surface area contributed by atoms with Crippen LogP contribution in [0.5, 0.6) is 11.5 Å². The summed E-state index contributed by atoms with van der Waals surface area (Å²) in [4.78, 5) is 24.4. The van der Waals surface area contributed by atoms with Gasteiger partial charge in [0.05, 0.1) is 32.9 Å². The maximum Gasteiger partial charge on any atom is 0.354 e. The van der Waals surface area contributed by atoms with Crippen LogP contribution in [0.1, 0.15) is 48.3 Å². The smallest absolute Gasteiger partial charge is 0.354 e. The van der Waals surface area contributed by atoms with Crippen LogP contribution in [-0.2, 0) is 23.1 Å². The standard InChI is InChI=1S/C30H34N4O6/c1-32-16-22(15-25(32)30(36)39-3)20-10-12-23(13-11-20)31-28(35)9-6-14-40-27-19-33-17-21-7-4-5-8-24(21)34(37)18-26(33)29(27)38-2/h8,10-13,15-16,18-19,21H,4-7,9,14,17H2,1-3H3,(H,31,35). The second kappa shape index (κ2) is 11.7. The van der Waals surface area contributed by atoms with Gasteiger partial charge in [-0.3, -0.25) is 4.79 Å². The van der Waals surface area contributed by atoms with E-state index in [9.17, 15) is 14.8 Å². The predicted molar refractivity (Wildman–Crippen MR) is 151 cm³/mol. The van der Waals surface area contributed by atoms with Crippen LogP contribution in [0.15, 0.2) is 54.5 Å². The molecule has 2 aromatic heterocycles. The van der Waals surface area contributed by atoms with Crippen molar-refractivity contribution in [2.45, 2.75) is 38.6 Å². The average Bonchev–Trinajstić information content (AvgIpc) is 3.46.